The molecule has 4 rings (SSSR count). The quantitative estimate of drug-likeness (QED) is 0.312. The van der Waals surface area contributed by atoms with Crippen molar-refractivity contribution in [2.24, 2.45) is 10.3 Å². The molecule has 0 spiro atoms. The largest absolute Gasteiger partial charge is 0.257 e. The monoisotopic (exact) mass is 576 g/mol. The van der Waals surface area contributed by atoms with Crippen LogP contribution < -0.4 is 10.3 Å². The summed E-state index contributed by atoms with van der Waals surface area (Å²) in [7, 11) is -7.71. The van der Waals surface area contributed by atoms with Crippen LogP contribution in [0.5, 0.6) is 0 Å². The number of halogens is 1. The highest BCUT2D eigenvalue weighted by Gasteiger charge is 2.23. The van der Waals surface area contributed by atoms with E-state index < -0.39 is 20.0 Å². The Labute approximate surface area is 219 Å². The lowest BCUT2D eigenvalue weighted by atomic mass is 10.3. The summed E-state index contributed by atoms with van der Waals surface area (Å²) in [5.41, 5.74) is 1.82. The van der Waals surface area contributed by atoms with Crippen molar-refractivity contribution in [1.82, 2.24) is 29.2 Å². The first kappa shape index (κ1) is 29.9. The molecule has 0 aromatic carbocycles. The van der Waals surface area contributed by atoms with Crippen molar-refractivity contribution in [3.63, 3.8) is 0 Å². The molecule has 0 radical (unpaired) electrons. The smallest absolute Gasteiger partial charge is 0.231 e. The topological polar surface area (TPSA) is 181 Å². The average Bonchev–Trinajstić information content (AvgIpc) is 3.31. The van der Waals surface area contributed by atoms with Gasteiger partial charge in [-0.25, -0.2) is 37.1 Å². The number of aromatic nitrogens is 6. The van der Waals surface area contributed by atoms with Gasteiger partial charge in [0.1, 0.15) is 10.2 Å². The molecule has 16 heteroatoms. The molecule has 4 aromatic rings. The van der Waals surface area contributed by atoms with E-state index in [1.807, 2.05) is 20.1 Å². The molecule has 198 valence electrons. The average molecular weight is 577 g/mol. The summed E-state index contributed by atoms with van der Waals surface area (Å²) >= 11 is 7.16. The van der Waals surface area contributed by atoms with Gasteiger partial charge in [-0.2, -0.15) is 19.2 Å². The molecule has 0 unspecified atom stereocenters. The van der Waals surface area contributed by atoms with Crippen LogP contribution in [0.2, 0.25) is 5.15 Å². The number of sulfonamides is 2. The zero-order valence-electron chi connectivity index (χ0n) is 19.2. The Morgan fingerprint density at radius 1 is 0.833 bits per heavy atom. The normalized spacial score (nSPS) is 11.8. The SMILES string of the molecule is C.CCCc1nc2ccc(Cl)nn2c1S(N)(=O)=O.CCCc1nc2ccc(SC)nn2c1S(N)(=O)=O. The second-order valence-corrected chi connectivity index (χ2v) is 11.6. The van der Waals surface area contributed by atoms with Gasteiger partial charge in [-0.05, 0) is 43.4 Å². The first-order valence-corrected chi connectivity index (χ1v) is 15.1. The molecule has 0 aliphatic rings. The van der Waals surface area contributed by atoms with Gasteiger partial charge >= 0.3 is 0 Å². The van der Waals surface area contributed by atoms with Gasteiger partial charge in [-0.15, -0.1) is 11.8 Å². The summed E-state index contributed by atoms with van der Waals surface area (Å²) < 4.78 is 48.9. The van der Waals surface area contributed by atoms with Crippen LogP contribution in [0.1, 0.15) is 45.5 Å². The van der Waals surface area contributed by atoms with E-state index in [9.17, 15) is 16.8 Å². The Morgan fingerprint density at radius 2 is 1.28 bits per heavy atom. The van der Waals surface area contributed by atoms with Gasteiger partial charge in [0, 0.05) is 0 Å². The Bertz CT molecular complexity index is 1580. The van der Waals surface area contributed by atoms with Crippen molar-refractivity contribution >= 4 is 54.7 Å². The Kier molecular flexibility index (Phi) is 9.84. The standard InChI is InChI=1S/C10H14N4O2S2.C9H11ClN4O2S.CH4/c1-3-4-7-10(18(11,15)16)14-8(12-7)5-6-9(13-14)17-2;1-2-3-6-9(17(11,15)16)14-8(12-6)5-4-7(10)13-14;/h5-6H,3-4H2,1-2H3,(H2,11,15,16);4-5H,2-3H2,1H3,(H2,11,15,16);1H4. The summed E-state index contributed by atoms with van der Waals surface area (Å²) in [6.45, 7) is 3.88. The molecule has 0 saturated heterocycles. The van der Waals surface area contributed by atoms with Gasteiger partial charge in [0.15, 0.2) is 21.3 Å². The van der Waals surface area contributed by atoms with Crippen molar-refractivity contribution in [1.29, 1.82) is 0 Å². The summed E-state index contributed by atoms with van der Waals surface area (Å²) in [5, 5.41) is 19.4. The number of rotatable bonds is 7. The third-order valence-corrected chi connectivity index (χ3v) is 7.40. The van der Waals surface area contributed by atoms with Crippen LogP contribution >= 0.6 is 23.4 Å². The van der Waals surface area contributed by atoms with Crippen molar-refractivity contribution in [3.05, 3.63) is 40.8 Å². The number of nitrogens with two attached hydrogens (primary N) is 2. The van der Waals surface area contributed by atoms with Crippen LogP contribution in [-0.2, 0) is 32.9 Å². The molecule has 4 N–H and O–H groups in total. The van der Waals surface area contributed by atoms with E-state index in [-0.39, 0.29) is 22.6 Å². The van der Waals surface area contributed by atoms with Crippen LogP contribution in [0.15, 0.2) is 39.3 Å². The number of aryl methyl sites for hydroxylation is 2. The van der Waals surface area contributed by atoms with Crippen LogP contribution in [0.4, 0.5) is 0 Å². The molecular formula is C20H29ClN8O4S3. The molecule has 0 saturated carbocycles. The van der Waals surface area contributed by atoms with Crippen LogP contribution in [-0.4, -0.2) is 52.3 Å². The molecule has 0 amide bonds. The lowest BCUT2D eigenvalue weighted by Crippen LogP contribution is -2.17. The fourth-order valence-electron chi connectivity index (χ4n) is 3.36. The molecule has 4 aromatic heterocycles. The predicted molar refractivity (Wildman–Crippen MR) is 140 cm³/mol. The van der Waals surface area contributed by atoms with Crippen molar-refractivity contribution in [2.75, 3.05) is 6.26 Å². The Hall–Kier alpha value is -2.30. The minimum absolute atomic E-state index is 0. The summed E-state index contributed by atoms with van der Waals surface area (Å²) in [4.78, 5) is 8.47. The molecule has 36 heavy (non-hydrogen) atoms. The molecule has 12 nitrogen and oxygen atoms in total. The lowest BCUT2D eigenvalue weighted by Gasteiger charge is -2.01. The van der Waals surface area contributed by atoms with Crippen molar-refractivity contribution in [2.45, 2.75) is 62.0 Å². The number of imidazole rings is 2. The van der Waals surface area contributed by atoms with E-state index in [0.29, 0.717) is 40.5 Å². The molecular weight excluding hydrogens is 548 g/mol. The minimum Gasteiger partial charge on any atom is -0.231 e. The molecule has 0 aliphatic heterocycles. The number of fused-ring (bicyclic) bond motifs is 2. The second-order valence-electron chi connectivity index (χ2n) is 7.39. The van der Waals surface area contributed by atoms with E-state index >= 15 is 0 Å². The number of nitrogens with zero attached hydrogens (tertiary/aromatic N) is 6. The molecule has 0 atom stereocenters. The zero-order valence-corrected chi connectivity index (χ0v) is 22.4. The third kappa shape index (κ3) is 6.52. The second kappa shape index (κ2) is 11.8. The van der Waals surface area contributed by atoms with Crippen LogP contribution in [0.25, 0.3) is 11.3 Å². The van der Waals surface area contributed by atoms with E-state index in [0.717, 1.165) is 12.8 Å². The first-order chi connectivity index (χ1) is 16.4. The lowest BCUT2D eigenvalue weighted by molar-refractivity contribution is 0.584. The fourth-order valence-corrected chi connectivity index (χ4v) is 5.57. The molecule has 4 heterocycles. The van der Waals surface area contributed by atoms with Gasteiger partial charge in [-0.3, -0.25) is 0 Å². The molecule has 0 aliphatic carbocycles. The van der Waals surface area contributed by atoms with Gasteiger partial charge in [-0.1, -0.05) is 45.7 Å². The molecule has 0 fully saturated rings. The highest BCUT2D eigenvalue weighted by atomic mass is 35.5. The molecule has 0 bridgehead atoms. The van der Waals surface area contributed by atoms with Crippen molar-refractivity contribution < 1.29 is 16.8 Å². The third-order valence-electron chi connectivity index (χ3n) is 4.67. The van der Waals surface area contributed by atoms with E-state index in [2.05, 4.69) is 20.2 Å². The maximum atomic E-state index is 11.7. The first-order valence-electron chi connectivity index (χ1n) is 10.4. The fraction of sp³-hybridized carbons (Fsp3) is 0.400. The number of primary sulfonamides is 2. The number of thioether (sulfide) groups is 1. The number of hydrogen-bond acceptors (Lipinski definition) is 9. The minimum atomic E-state index is -3.88. The summed E-state index contributed by atoms with van der Waals surface area (Å²) in [5.74, 6) is 0. The highest BCUT2D eigenvalue weighted by molar-refractivity contribution is 7.98. The predicted octanol–water partition coefficient (Wildman–Crippen LogP) is 2.67. The maximum absolute atomic E-state index is 11.7. The van der Waals surface area contributed by atoms with Crippen LogP contribution in [0.3, 0.4) is 0 Å². The summed E-state index contributed by atoms with van der Waals surface area (Å²) in [6.07, 6.45) is 4.51. The van der Waals surface area contributed by atoms with Gasteiger partial charge in [0.2, 0.25) is 0 Å². The number of hydrogen-bond donors (Lipinski definition) is 2. The maximum Gasteiger partial charge on any atom is 0.257 e. The van der Waals surface area contributed by atoms with Crippen LogP contribution in [0, 0.1) is 0 Å². The van der Waals surface area contributed by atoms with E-state index in [4.69, 9.17) is 21.9 Å². The highest BCUT2D eigenvalue weighted by Crippen LogP contribution is 2.20. The van der Waals surface area contributed by atoms with E-state index in [1.54, 1.807) is 24.3 Å². The van der Waals surface area contributed by atoms with E-state index in [1.165, 1.54) is 20.8 Å². The van der Waals surface area contributed by atoms with Crippen molar-refractivity contribution in [3.8, 4) is 0 Å². The summed E-state index contributed by atoms with van der Waals surface area (Å²) in [6, 6.07) is 6.69. The Balaban J connectivity index is 0.000000247. The zero-order chi connectivity index (χ0) is 26.0. The van der Waals surface area contributed by atoms with Gasteiger partial charge in [0.05, 0.1) is 11.4 Å². The Morgan fingerprint density at radius 3 is 1.69 bits per heavy atom. The van der Waals surface area contributed by atoms with Gasteiger partial charge < -0.3 is 0 Å². The van der Waals surface area contributed by atoms with Gasteiger partial charge in [0.25, 0.3) is 20.0 Å².